The molecule has 12 nitrogen and oxygen atoms in total. The molecule has 2 rings (SSSR count). The van der Waals surface area contributed by atoms with Crippen molar-refractivity contribution in [2.45, 2.75) is 142 Å². The summed E-state index contributed by atoms with van der Waals surface area (Å²) in [6.07, 6.45) is 7.53. The van der Waals surface area contributed by atoms with E-state index in [4.69, 9.17) is 19.0 Å². The third-order valence-corrected chi connectivity index (χ3v) is 6.92. The molecule has 1 aromatic rings. The van der Waals surface area contributed by atoms with Gasteiger partial charge in [0.25, 0.3) is 11.8 Å². The van der Waals surface area contributed by atoms with Gasteiger partial charge in [0.1, 0.15) is 23.0 Å². The summed E-state index contributed by atoms with van der Waals surface area (Å²) >= 11 is 0. The number of benzene rings is 1. The summed E-state index contributed by atoms with van der Waals surface area (Å²) in [6.45, 7) is 11.2. The maximum Gasteiger partial charge on any atom is 0.338 e. The molecule has 47 heavy (non-hydrogen) atoms. The molecular weight excluding hydrogens is 608 g/mol. The van der Waals surface area contributed by atoms with Crippen LogP contribution in [0.15, 0.2) is 24.3 Å². The van der Waals surface area contributed by atoms with Gasteiger partial charge < -0.3 is 24.4 Å². The molecule has 0 aromatic heterocycles. The fourth-order valence-electron chi connectivity index (χ4n) is 4.62. The van der Waals surface area contributed by atoms with Gasteiger partial charge in [0.2, 0.25) is 5.91 Å². The number of hydrogen-bond donors (Lipinski definition) is 1. The zero-order valence-electron chi connectivity index (χ0n) is 28.8. The number of nitrogens with zero attached hydrogens (tertiary/aromatic N) is 1. The SMILES string of the molecule is CC(C)(C)OC(=O)c1ccc(OCCCCCCCCCCC(=O)N[C@@H](CCC(=O)ON2C(=O)CCC2=O)C(=O)OC(C)(C)C)cc1. The number of ether oxygens (including phenoxy) is 3. The summed E-state index contributed by atoms with van der Waals surface area (Å²) in [7, 11) is 0. The number of hydroxylamine groups is 2. The van der Waals surface area contributed by atoms with Crippen LogP contribution in [0, 0.1) is 0 Å². The van der Waals surface area contributed by atoms with Crippen molar-refractivity contribution >= 4 is 35.6 Å². The zero-order valence-corrected chi connectivity index (χ0v) is 28.8. The molecule has 1 fully saturated rings. The van der Waals surface area contributed by atoms with Crippen LogP contribution in [0.3, 0.4) is 0 Å². The van der Waals surface area contributed by atoms with Gasteiger partial charge >= 0.3 is 17.9 Å². The first-order chi connectivity index (χ1) is 22.0. The molecule has 0 saturated carbocycles. The Morgan fingerprint density at radius 3 is 1.83 bits per heavy atom. The van der Waals surface area contributed by atoms with Gasteiger partial charge in [-0.3, -0.25) is 14.4 Å². The highest BCUT2D eigenvalue weighted by Gasteiger charge is 2.34. The first-order valence-corrected chi connectivity index (χ1v) is 16.6. The monoisotopic (exact) mass is 660 g/mol. The smallest absolute Gasteiger partial charge is 0.338 e. The van der Waals surface area contributed by atoms with Crippen molar-refractivity contribution in [3.05, 3.63) is 29.8 Å². The lowest BCUT2D eigenvalue weighted by atomic mass is 10.1. The number of carbonyl (C=O) groups is 6. The van der Waals surface area contributed by atoms with Crippen LogP contribution in [0.2, 0.25) is 0 Å². The second kappa shape index (κ2) is 19.0. The molecule has 0 radical (unpaired) electrons. The second-order valence-corrected chi connectivity index (χ2v) is 13.7. The average molecular weight is 661 g/mol. The molecule has 3 amide bonds. The molecule has 0 unspecified atom stereocenters. The van der Waals surface area contributed by atoms with Crippen LogP contribution in [0.1, 0.15) is 135 Å². The van der Waals surface area contributed by atoms with Gasteiger partial charge in [-0.25, -0.2) is 14.4 Å². The average Bonchev–Trinajstić information content (AvgIpc) is 3.28. The quantitative estimate of drug-likeness (QED) is 0.110. The van der Waals surface area contributed by atoms with E-state index in [9.17, 15) is 28.8 Å². The van der Waals surface area contributed by atoms with Crippen LogP contribution in [0.4, 0.5) is 0 Å². The van der Waals surface area contributed by atoms with E-state index < -0.39 is 41.0 Å². The number of imide groups is 1. The van der Waals surface area contributed by atoms with E-state index in [0.717, 1.165) is 44.9 Å². The first kappa shape index (κ1) is 39.2. The minimum atomic E-state index is -1.07. The third kappa shape index (κ3) is 16.4. The Kier molecular flexibility index (Phi) is 15.9. The first-order valence-electron chi connectivity index (χ1n) is 16.6. The molecule has 0 spiro atoms. The van der Waals surface area contributed by atoms with Crippen LogP contribution in [0.5, 0.6) is 5.75 Å². The molecule has 1 aliphatic heterocycles. The summed E-state index contributed by atoms with van der Waals surface area (Å²) < 4.78 is 16.6. The van der Waals surface area contributed by atoms with Crippen LogP contribution < -0.4 is 10.1 Å². The fourth-order valence-corrected chi connectivity index (χ4v) is 4.62. The van der Waals surface area contributed by atoms with Crippen molar-refractivity contribution in [2.24, 2.45) is 0 Å². The standard InChI is InChI=1S/C35H52N2O10/c1-34(2,3)45-32(42)25-16-18-26(19-17-25)44-24-14-12-10-8-7-9-11-13-15-28(38)36-27(33(43)46-35(4,5)6)20-23-31(41)47-37-29(39)21-22-30(37)40/h16-19,27H,7-15,20-24H2,1-6H3,(H,36,38)/t27-/m0/s1. The molecule has 262 valence electrons. The summed E-state index contributed by atoms with van der Waals surface area (Å²) in [5.74, 6) is -2.67. The second-order valence-electron chi connectivity index (χ2n) is 13.7. The molecular formula is C35H52N2O10. The molecule has 1 atom stereocenters. The van der Waals surface area contributed by atoms with Crippen molar-refractivity contribution in [1.29, 1.82) is 0 Å². The normalized spacial score (nSPS) is 14.0. The minimum Gasteiger partial charge on any atom is -0.494 e. The van der Waals surface area contributed by atoms with E-state index in [1.807, 2.05) is 20.8 Å². The number of amides is 3. The molecule has 1 aromatic carbocycles. The van der Waals surface area contributed by atoms with Gasteiger partial charge in [0, 0.05) is 19.3 Å². The highest BCUT2D eigenvalue weighted by molar-refractivity contribution is 6.01. The van der Waals surface area contributed by atoms with Crippen LogP contribution >= 0.6 is 0 Å². The number of nitrogens with one attached hydrogen (secondary N) is 1. The molecule has 0 aliphatic carbocycles. The van der Waals surface area contributed by atoms with Crippen LogP contribution in [-0.2, 0) is 38.3 Å². The Bertz CT molecular complexity index is 1200. The highest BCUT2D eigenvalue weighted by atomic mass is 16.7. The number of unbranched alkanes of at least 4 members (excludes halogenated alkanes) is 7. The molecule has 1 saturated heterocycles. The zero-order chi connectivity index (χ0) is 35.0. The summed E-state index contributed by atoms with van der Waals surface area (Å²) in [5, 5.41) is 3.12. The molecule has 12 heteroatoms. The molecule has 1 heterocycles. The Morgan fingerprint density at radius 2 is 1.28 bits per heavy atom. The van der Waals surface area contributed by atoms with E-state index in [2.05, 4.69) is 5.32 Å². The van der Waals surface area contributed by atoms with E-state index in [1.165, 1.54) is 0 Å². The van der Waals surface area contributed by atoms with Crippen molar-refractivity contribution in [2.75, 3.05) is 6.61 Å². The van der Waals surface area contributed by atoms with E-state index in [0.29, 0.717) is 29.4 Å². The van der Waals surface area contributed by atoms with Gasteiger partial charge in [0.15, 0.2) is 0 Å². The van der Waals surface area contributed by atoms with E-state index in [-0.39, 0.29) is 44.0 Å². The van der Waals surface area contributed by atoms with E-state index >= 15 is 0 Å². The largest absolute Gasteiger partial charge is 0.494 e. The maximum atomic E-state index is 12.7. The van der Waals surface area contributed by atoms with Crippen molar-refractivity contribution in [1.82, 2.24) is 10.4 Å². The molecule has 1 aliphatic rings. The number of esters is 2. The van der Waals surface area contributed by atoms with Crippen LogP contribution in [-0.4, -0.2) is 64.5 Å². The Hall–Kier alpha value is -3.96. The van der Waals surface area contributed by atoms with Crippen LogP contribution in [0.25, 0.3) is 0 Å². The predicted molar refractivity (Wildman–Crippen MR) is 173 cm³/mol. The van der Waals surface area contributed by atoms with Crippen molar-refractivity contribution in [3.8, 4) is 5.75 Å². The maximum absolute atomic E-state index is 12.7. The lowest BCUT2D eigenvalue weighted by molar-refractivity contribution is -0.197. The van der Waals surface area contributed by atoms with Gasteiger partial charge in [-0.1, -0.05) is 38.5 Å². The summed E-state index contributed by atoms with van der Waals surface area (Å²) in [6, 6.07) is 5.89. The van der Waals surface area contributed by atoms with Gasteiger partial charge in [-0.15, -0.1) is 5.06 Å². The Balaban J connectivity index is 1.59. The molecule has 1 N–H and O–H groups in total. The van der Waals surface area contributed by atoms with Gasteiger partial charge in [-0.05, 0) is 85.1 Å². The number of carbonyl (C=O) groups excluding carboxylic acids is 6. The molecule has 0 bridgehead atoms. The van der Waals surface area contributed by atoms with Gasteiger partial charge in [0.05, 0.1) is 18.6 Å². The van der Waals surface area contributed by atoms with Gasteiger partial charge in [-0.2, -0.15) is 0 Å². The summed E-state index contributed by atoms with van der Waals surface area (Å²) in [5.41, 5.74) is -0.840. The lowest BCUT2D eigenvalue weighted by Crippen LogP contribution is -2.44. The minimum absolute atomic E-state index is 0.0181. The fraction of sp³-hybridized carbons (Fsp3) is 0.657. The summed E-state index contributed by atoms with van der Waals surface area (Å²) in [4.78, 5) is 77.9. The third-order valence-electron chi connectivity index (χ3n) is 6.92. The topological polar surface area (TPSA) is 155 Å². The Labute approximate surface area is 278 Å². The highest BCUT2D eigenvalue weighted by Crippen LogP contribution is 2.18. The predicted octanol–water partition coefficient (Wildman–Crippen LogP) is 5.75. The Morgan fingerprint density at radius 1 is 0.745 bits per heavy atom. The number of rotatable bonds is 19. The number of hydrogen-bond acceptors (Lipinski definition) is 10. The van der Waals surface area contributed by atoms with Crippen molar-refractivity contribution < 1.29 is 47.8 Å². The van der Waals surface area contributed by atoms with Crippen molar-refractivity contribution in [3.63, 3.8) is 0 Å². The lowest BCUT2D eigenvalue weighted by Gasteiger charge is -2.24. The van der Waals surface area contributed by atoms with E-state index in [1.54, 1.807) is 45.0 Å².